The number of rotatable bonds is 2. The van der Waals surface area contributed by atoms with Gasteiger partial charge < -0.3 is 5.11 Å². The molecule has 0 amide bonds. The number of benzene rings is 1. The minimum Gasteiger partial charge on any atom is -0.481 e. The summed E-state index contributed by atoms with van der Waals surface area (Å²) in [5.41, 5.74) is 0.393. The Balaban J connectivity index is 2.28. The second-order valence-electron chi connectivity index (χ2n) is 3.38. The Bertz CT molecular complexity index is 362. The Morgan fingerprint density at radius 2 is 1.86 bits per heavy atom. The van der Waals surface area contributed by atoms with E-state index in [1.54, 1.807) is 18.2 Å². The van der Waals surface area contributed by atoms with Crippen LogP contribution in [0.5, 0.6) is 0 Å². The van der Waals surface area contributed by atoms with Crippen LogP contribution < -0.4 is 0 Å². The number of hydrogen-bond acceptors (Lipinski definition) is 1. The molecule has 74 valence electrons. The Morgan fingerprint density at radius 1 is 1.29 bits per heavy atom. The standard InChI is InChI=1S/C10H8F2O2/c11-10(12)7(8(10)9(13)14)6-4-2-1-3-5-6/h1-5,7-8H,(H,13,14)/t7-,8+/m1/s1. The molecule has 4 heteroatoms. The summed E-state index contributed by atoms with van der Waals surface area (Å²) in [6.07, 6.45) is 0. The quantitative estimate of drug-likeness (QED) is 0.790. The van der Waals surface area contributed by atoms with Gasteiger partial charge in [0.25, 0.3) is 5.92 Å². The van der Waals surface area contributed by atoms with Crippen molar-refractivity contribution in [1.29, 1.82) is 0 Å². The van der Waals surface area contributed by atoms with E-state index in [1.807, 2.05) is 0 Å². The normalized spacial score (nSPS) is 28.4. The number of hydrogen-bond donors (Lipinski definition) is 1. The van der Waals surface area contributed by atoms with Gasteiger partial charge in [-0.3, -0.25) is 4.79 Å². The zero-order valence-corrected chi connectivity index (χ0v) is 7.15. The molecular formula is C10H8F2O2. The maximum atomic E-state index is 13.0. The molecule has 0 heterocycles. The molecule has 0 saturated heterocycles. The predicted octanol–water partition coefficient (Wildman–Crippen LogP) is 2.12. The van der Waals surface area contributed by atoms with Crippen LogP contribution in [0, 0.1) is 5.92 Å². The summed E-state index contributed by atoms with van der Waals surface area (Å²) < 4.78 is 26.0. The van der Waals surface area contributed by atoms with E-state index in [0.29, 0.717) is 5.56 Å². The maximum Gasteiger partial charge on any atom is 0.313 e. The van der Waals surface area contributed by atoms with Crippen LogP contribution in [0.25, 0.3) is 0 Å². The Kier molecular flexibility index (Phi) is 1.80. The smallest absolute Gasteiger partial charge is 0.313 e. The Hall–Kier alpha value is -1.45. The highest BCUT2D eigenvalue weighted by molar-refractivity contribution is 5.78. The minimum absolute atomic E-state index is 0.393. The third-order valence-corrected chi connectivity index (χ3v) is 2.48. The highest BCUT2D eigenvalue weighted by Crippen LogP contribution is 2.61. The number of alkyl halides is 2. The zero-order valence-electron chi connectivity index (χ0n) is 7.15. The van der Waals surface area contributed by atoms with E-state index in [0.717, 1.165) is 0 Å². The highest BCUT2D eigenvalue weighted by Gasteiger charge is 2.72. The zero-order chi connectivity index (χ0) is 10.3. The lowest BCUT2D eigenvalue weighted by Crippen LogP contribution is -2.04. The molecule has 1 fully saturated rings. The van der Waals surface area contributed by atoms with Gasteiger partial charge in [0.05, 0.1) is 5.92 Å². The molecule has 1 aliphatic rings. The summed E-state index contributed by atoms with van der Waals surface area (Å²) in [5.74, 6) is -7.22. The molecular weight excluding hydrogens is 190 g/mol. The summed E-state index contributed by atoms with van der Waals surface area (Å²) in [7, 11) is 0. The first-order valence-corrected chi connectivity index (χ1v) is 4.20. The monoisotopic (exact) mass is 198 g/mol. The van der Waals surface area contributed by atoms with Crippen molar-refractivity contribution in [3.8, 4) is 0 Å². The third-order valence-electron chi connectivity index (χ3n) is 2.48. The van der Waals surface area contributed by atoms with Gasteiger partial charge in [-0.05, 0) is 5.56 Å². The van der Waals surface area contributed by atoms with Gasteiger partial charge in [0.2, 0.25) is 0 Å². The van der Waals surface area contributed by atoms with Crippen molar-refractivity contribution in [3.63, 3.8) is 0 Å². The summed E-state index contributed by atoms with van der Waals surface area (Å²) in [5, 5.41) is 8.54. The van der Waals surface area contributed by atoms with Gasteiger partial charge >= 0.3 is 5.97 Å². The van der Waals surface area contributed by atoms with Gasteiger partial charge in [-0.1, -0.05) is 30.3 Å². The number of carbonyl (C=O) groups is 1. The molecule has 0 aliphatic heterocycles. The average molecular weight is 198 g/mol. The van der Waals surface area contributed by atoms with Crippen LogP contribution in [0.4, 0.5) is 8.78 Å². The second kappa shape index (κ2) is 2.77. The van der Waals surface area contributed by atoms with E-state index in [1.165, 1.54) is 12.1 Å². The van der Waals surface area contributed by atoms with Gasteiger partial charge in [0.15, 0.2) is 0 Å². The molecule has 0 aromatic heterocycles. The molecule has 14 heavy (non-hydrogen) atoms. The number of carboxylic acid groups (broad SMARTS) is 1. The van der Waals surface area contributed by atoms with E-state index in [2.05, 4.69) is 0 Å². The van der Waals surface area contributed by atoms with E-state index in [9.17, 15) is 13.6 Å². The molecule has 1 aliphatic carbocycles. The van der Waals surface area contributed by atoms with Crippen LogP contribution in [-0.4, -0.2) is 17.0 Å². The van der Waals surface area contributed by atoms with Crippen LogP contribution in [-0.2, 0) is 4.79 Å². The van der Waals surface area contributed by atoms with Crippen molar-refractivity contribution in [2.24, 2.45) is 5.92 Å². The van der Waals surface area contributed by atoms with Crippen LogP contribution in [0.15, 0.2) is 30.3 Å². The predicted molar refractivity (Wildman–Crippen MR) is 45.3 cm³/mol. The van der Waals surface area contributed by atoms with Crippen molar-refractivity contribution in [2.75, 3.05) is 0 Å². The van der Waals surface area contributed by atoms with E-state index < -0.39 is 23.7 Å². The van der Waals surface area contributed by atoms with Gasteiger partial charge in [0, 0.05) is 0 Å². The van der Waals surface area contributed by atoms with Crippen molar-refractivity contribution in [1.82, 2.24) is 0 Å². The summed E-state index contributed by atoms with van der Waals surface area (Å²) >= 11 is 0. The molecule has 1 saturated carbocycles. The summed E-state index contributed by atoms with van der Waals surface area (Å²) in [4.78, 5) is 10.5. The van der Waals surface area contributed by atoms with Crippen LogP contribution in [0.1, 0.15) is 11.5 Å². The van der Waals surface area contributed by atoms with Crippen molar-refractivity contribution >= 4 is 5.97 Å². The maximum absolute atomic E-state index is 13.0. The first kappa shape index (κ1) is 9.12. The van der Waals surface area contributed by atoms with Gasteiger partial charge in [-0.15, -0.1) is 0 Å². The van der Waals surface area contributed by atoms with Crippen LogP contribution >= 0.6 is 0 Å². The van der Waals surface area contributed by atoms with Crippen molar-refractivity contribution < 1.29 is 18.7 Å². The Morgan fingerprint density at radius 3 is 2.29 bits per heavy atom. The van der Waals surface area contributed by atoms with E-state index >= 15 is 0 Å². The highest BCUT2D eigenvalue weighted by atomic mass is 19.3. The molecule has 0 radical (unpaired) electrons. The second-order valence-corrected chi connectivity index (χ2v) is 3.38. The fourth-order valence-corrected chi connectivity index (χ4v) is 1.71. The molecule has 1 aromatic carbocycles. The topological polar surface area (TPSA) is 37.3 Å². The third kappa shape index (κ3) is 1.18. The fraction of sp³-hybridized carbons (Fsp3) is 0.300. The van der Waals surface area contributed by atoms with Crippen molar-refractivity contribution in [3.05, 3.63) is 35.9 Å². The minimum atomic E-state index is -3.09. The van der Waals surface area contributed by atoms with Gasteiger partial charge in [0.1, 0.15) is 5.92 Å². The number of carboxylic acids is 1. The number of halogens is 2. The van der Waals surface area contributed by atoms with Crippen LogP contribution in [0.2, 0.25) is 0 Å². The number of aliphatic carboxylic acids is 1. The first-order valence-electron chi connectivity index (χ1n) is 4.20. The Labute approximate surface area is 79.2 Å². The largest absolute Gasteiger partial charge is 0.481 e. The van der Waals surface area contributed by atoms with Gasteiger partial charge in [-0.25, -0.2) is 8.78 Å². The van der Waals surface area contributed by atoms with E-state index in [4.69, 9.17) is 5.11 Å². The first-order chi connectivity index (χ1) is 6.55. The molecule has 2 atom stereocenters. The fourth-order valence-electron chi connectivity index (χ4n) is 1.71. The molecule has 2 rings (SSSR count). The van der Waals surface area contributed by atoms with Crippen molar-refractivity contribution in [2.45, 2.75) is 11.8 Å². The molecule has 1 N–H and O–H groups in total. The van der Waals surface area contributed by atoms with Crippen LogP contribution in [0.3, 0.4) is 0 Å². The lowest BCUT2D eigenvalue weighted by Gasteiger charge is -1.95. The van der Waals surface area contributed by atoms with Gasteiger partial charge in [-0.2, -0.15) is 0 Å². The lowest BCUT2D eigenvalue weighted by atomic mass is 10.1. The summed E-state index contributed by atoms with van der Waals surface area (Å²) in [6, 6.07) is 8.02. The molecule has 1 aromatic rings. The lowest BCUT2D eigenvalue weighted by molar-refractivity contribution is -0.140. The summed E-state index contributed by atoms with van der Waals surface area (Å²) in [6.45, 7) is 0. The van der Waals surface area contributed by atoms with E-state index in [-0.39, 0.29) is 0 Å². The molecule has 2 nitrogen and oxygen atoms in total. The molecule has 0 bridgehead atoms. The molecule has 0 spiro atoms. The average Bonchev–Trinajstić information content (AvgIpc) is 2.71. The molecule has 0 unspecified atom stereocenters. The SMILES string of the molecule is O=C(O)[C@@H]1[C@@H](c2ccccc2)C1(F)F.